The summed E-state index contributed by atoms with van der Waals surface area (Å²) >= 11 is 6.36. The van der Waals surface area contributed by atoms with Gasteiger partial charge >= 0.3 is 5.97 Å². The maximum Gasteiger partial charge on any atom is 0.352 e. The maximum absolute atomic E-state index is 12.3. The van der Waals surface area contributed by atoms with Crippen LogP contribution < -0.4 is 10.1 Å². The molecule has 0 spiro atoms. The molecule has 0 atom stereocenters. The number of aromatic nitrogens is 1. The molecule has 0 saturated carbocycles. The molecular formula is C25H23ClN2O3. The largest absolute Gasteiger partial charge is 0.497 e. The van der Waals surface area contributed by atoms with Gasteiger partial charge in [-0.25, -0.2) is 4.79 Å². The predicted molar refractivity (Wildman–Crippen MR) is 123 cm³/mol. The van der Waals surface area contributed by atoms with Crippen LogP contribution >= 0.6 is 11.6 Å². The van der Waals surface area contributed by atoms with Crippen LogP contribution in [0.4, 0.5) is 0 Å². The number of nitrogens with one attached hydrogen (secondary N) is 1. The summed E-state index contributed by atoms with van der Waals surface area (Å²) in [5.41, 5.74) is 3.90. The molecule has 0 bridgehead atoms. The van der Waals surface area contributed by atoms with Crippen LogP contribution in [0.15, 0.2) is 72.8 Å². The molecule has 0 aliphatic carbocycles. The van der Waals surface area contributed by atoms with E-state index in [9.17, 15) is 9.90 Å². The number of carboxylic acids is 1. The van der Waals surface area contributed by atoms with E-state index in [1.807, 2.05) is 77.4 Å². The van der Waals surface area contributed by atoms with Crippen LogP contribution in [0.3, 0.4) is 0 Å². The molecule has 0 radical (unpaired) electrons. The van der Waals surface area contributed by atoms with Crippen LogP contribution in [0.1, 0.15) is 27.2 Å². The Labute approximate surface area is 185 Å². The lowest BCUT2D eigenvalue weighted by Gasteiger charge is -2.11. The summed E-state index contributed by atoms with van der Waals surface area (Å²) in [6.07, 6.45) is 0. The van der Waals surface area contributed by atoms with Gasteiger partial charge in [-0.3, -0.25) is 0 Å². The van der Waals surface area contributed by atoms with E-state index in [1.54, 1.807) is 7.11 Å². The number of methoxy groups -OCH3 is 1. The van der Waals surface area contributed by atoms with Crippen LogP contribution in [0.5, 0.6) is 5.75 Å². The van der Waals surface area contributed by atoms with Gasteiger partial charge in [0.15, 0.2) is 0 Å². The number of halogens is 1. The zero-order valence-electron chi connectivity index (χ0n) is 17.1. The monoisotopic (exact) mass is 434 g/mol. The van der Waals surface area contributed by atoms with Crippen molar-refractivity contribution in [2.45, 2.75) is 19.6 Å². The van der Waals surface area contributed by atoms with Gasteiger partial charge in [0.25, 0.3) is 0 Å². The fourth-order valence-corrected chi connectivity index (χ4v) is 4.03. The highest BCUT2D eigenvalue weighted by Gasteiger charge is 2.22. The topological polar surface area (TPSA) is 63.5 Å². The molecule has 4 rings (SSSR count). The molecule has 2 N–H and O–H groups in total. The van der Waals surface area contributed by atoms with Crippen molar-refractivity contribution in [1.82, 2.24) is 9.88 Å². The maximum atomic E-state index is 12.3. The number of ether oxygens (including phenoxy) is 1. The van der Waals surface area contributed by atoms with Crippen LogP contribution in [-0.4, -0.2) is 22.8 Å². The molecule has 0 aliphatic heterocycles. The average molecular weight is 435 g/mol. The van der Waals surface area contributed by atoms with Gasteiger partial charge in [-0.15, -0.1) is 0 Å². The highest BCUT2D eigenvalue weighted by Crippen LogP contribution is 2.29. The fourth-order valence-electron chi connectivity index (χ4n) is 3.84. The minimum absolute atomic E-state index is 0.281. The predicted octanol–water partition coefficient (Wildman–Crippen LogP) is 5.34. The van der Waals surface area contributed by atoms with E-state index in [-0.39, 0.29) is 5.69 Å². The van der Waals surface area contributed by atoms with Gasteiger partial charge in [0.1, 0.15) is 11.4 Å². The normalized spacial score (nSPS) is 11.0. The Morgan fingerprint density at radius 3 is 2.42 bits per heavy atom. The molecule has 158 valence electrons. The van der Waals surface area contributed by atoms with Gasteiger partial charge < -0.3 is 19.7 Å². The van der Waals surface area contributed by atoms with Crippen molar-refractivity contribution in [3.8, 4) is 5.75 Å². The number of carbonyl (C=O) groups is 1. The van der Waals surface area contributed by atoms with Crippen molar-refractivity contribution < 1.29 is 14.6 Å². The third kappa shape index (κ3) is 4.43. The van der Waals surface area contributed by atoms with Gasteiger partial charge in [-0.2, -0.15) is 0 Å². The van der Waals surface area contributed by atoms with Gasteiger partial charge in [0, 0.05) is 41.1 Å². The summed E-state index contributed by atoms with van der Waals surface area (Å²) in [6, 6.07) is 23.1. The zero-order chi connectivity index (χ0) is 21.8. The Balaban J connectivity index is 1.66. The summed E-state index contributed by atoms with van der Waals surface area (Å²) in [4.78, 5) is 12.3. The number of hydrogen-bond acceptors (Lipinski definition) is 3. The third-order valence-corrected chi connectivity index (χ3v) is 5.72. The highest BCUT2D eigenvalue weighted by atomic mass is 35.5. The second kappa shape index (κ2) is 9.25. The van der Waals surface area contributed by atoms with Crippen LogP contribution in [0, 0.1) is 0 Å². The molecule has 0 aliphatic rings. The van der Waals surface area contributed by atoms with E-state index in [1.165, 1.54) is 0 Å². The fraction of sp³-hybridized carbons (Fsp3) is 0.160. The van der Waals surface area contributed by atoms with E-state index < -0.39 is 5.97 Å². The Bertz CT molecular complexity index is 1220. The second-order valence-electron chi connectivity index (χ2n) is 7.28. The lowest BCUT2D eigenvalue weighted by Crippen LogP contribution is -2.17. The lowest BCUT2D eigenvalue weighted by atomic mass is 10.1. The molecule has 4 aromatic rings. The molecule has 0 fully saturated rings. The Morgan fingerprint density at radius 1 is 1.00 bits per heavy atom. The van der Waals surface area contributed by atoms with Crippen molar-refractivity contribution in [1.29, 1.82) is 0 Å². The molecule has 31 heavy (non-hydrogen) atoms. The van der Waals surface area contributed by atoms with Gasteiger partial charge in [0.2, 0.25) is 0 Å². The first-order valence-corrected chi connectivity index (χ1v) is 10.4. The number of hydrogen-bond donors (Lipinski definition) is 2. The highest BCUT2D eigenvalue weighted by molar-refractivity contribution is 6.31. The summed E-state index contributed by atoms with van der Waals surface area (Å²) < 4.78 is 7.03. The number of benzene rings is 3. The summed E-state index contributed by atoms with van der Waals surface area (Å²) in [6.45, 7) is 1.44. The van der Waals surface area contributed by atoms with E-state index >= 15 is 0 Å². The van der Waals surface area contributed by atoms with Gasteiger partial charge in [0.05, 0.1) is 7.11 Å². The standard InChI is InChI=1S/C25H23ClN2O3/c1-31-19-12-10-17(11-13-19)14-27-15-21-20-7-3-5-9-23(20)28(24(21)25(29)30)16-18-6-2-4-8-22(18)26/h2-13,27H,14-16H2,1H3,(H,29,30). The number of para-hydroxylation sites is 1. The second-order valence-corrected chi connectivity index (χ2v) is 7.69. The van der Waals surface area contributed by atoms with Crippen molar-refractivity contribution in [3.05, 3.63) is 100 Å². The first-order valence-electron chi connectivity index (χ1n) is 9.99. The first-order chi connectivity index (χ1) is 15.1. The molecular weight excluding hydrogens is 412 g/mol. The van der Waals surface area contributed by atoms with Crippen molar-refractivity contribution in [2.75, 3.05) is 7.11 Å². The minimum Gasteiger partial charge on any atom is -0.497 e. The lowest BCUT2D eigenvalue weighted by molar-refractivity contribution is 0.0684. The first kappa shape index (κ1) is 21.0. The van der Waals surface area contributed by atoms with Crippen molar-refractivity contribution >= 4 is 28.5 Å². The zero-order valence-corrected chi connectivity index (χ0v) is 17.9. The molecule has 1 aromatic heterocycles. The number of rotatable bonds is 8. The molecule has 0 unspecified atom stereocenters. The Hall–Kier alpha value is -3.28. The SMILES string of the molecule is COc1ccc(CNCc2c(C(=O)O)n(Cc3ccccc3Cl)c3ccccc23)cc1. The van der Waals surface area contributed by atoms with E-state index in [0.29, 0.717) is 24.7 Å². The van der Waals surface area contributed by atoms with Crippen molar-refractivity contribution in [3.63, 3.8) is 0 Å². The van der Waals surface area contributed by atoms with Crippen LogP contribution in [-0.2, 0) is 19.6 Å². The number of fused-ring (bicyclic) bond motifs is 1. The molecule has 1 heterocycles. The Kier molecular flexibility index (Phi) is 6.26. The molecule has 0 saturated heterocycles. The number of nitrogens with zero attached hydrogens (tertiary/aromatic N) is 1. The van der Waals surface area contributed by atoms with Gasteiger partial charge in [-0.05, 0) is 35.4 Å². The Morgan fingerprint density at radius 2 is 1.71 bits per heavy atom. The molecule has 5 nitrogen and oxygen atoms in total. The van der Waals surface area contributed by atoms with Crippen LogP contribution in [0.25, 0.3) is 10.9 Å². The van der Waals surface area contributed by atoms with Crippen molar-refractivity contribution in [2.24, 2.45) is 0 Å². The number of aromatic carboxylic acids is 1. The average Bonchev–Trinajstić information content (AvgIpc) is 3.09. The van der Waals surface area contributed by atoms with Gasteiger partial charge in [-0.1, -0.05) is 60.1 Å². The van der Waals surface area contributed by atoms with E-state index in [0.717, 1.165) is 33.3 Å². The molecule has 0 amide bonds. The summed E-state index contributed by atoms with van der Waals surface area (Å²) in [5, 5.41) is 15.0. The smallest absolute Gasteiger partial charge is 0.352 e. The molecule has 3 aromatic carbocycles. The third-order valence-electron chi connectivity index (χ3n) is 5.35. The summed E-state index contributed by atoms with van der Waals surface area (Å²) in [7, 11) is 1.64. The molecule has 6 heteroatoms. The van der Waals surface area contributed by atoms with Crippen LogP contribution in [0.2, 0.25) is 5.02 Å². The minimum atomic E-state index is -0.954. The summed E-state index contributed by atoms with van der Waals surface area (Å²) in [5.74, 6) is -0.149. The quantitative estimate of drug-likeness (QED) is 0.393. The number of carboxylic acid groups (broad SMARTS) is 1. The van der Waals surface area contributed by atoms with E-state index in [2.05, 4.69) is 5.32 Å². The van der Waals surface area contributed by atoms with E-state index in [4.69, 9.17) is 16.3 Å².